The smallest absolute Gasteiger partial charge is 0.242 e. The van der Waals surface area contributed by atoms with Gasteiger partial charge in [0, 0.05) is 32.7 Å². The van der Waals surface area contributed by atoms with E-state index in [0.29, 0.717) is 32.6 Å². The van der Waals surface area contributed by atoms with Crippen LogP contribution in [0.4, 0.5) is 5.69 Å². The fourth-order valence-electron chi connectivity index (χ4n) is 3.55. The number of aryl methyl sites for hydroxylation is 1. The van der Waals surface area contributed by atoms with Crippen LogP contribution in [-0.2, 0) is 21.2 Å². The molecule has 0 aliphatic carbocycles. The maximum Gasteiger partial charge on any atom is 0.242 e. The van der Waals surface area contributed by atoms with Crippen molar-refractivity contribution in [3.8, 4) is 11.5 Å². The highest BCUT2D eigenvalue weighted by Gasteiger charge is 2.25. The van der Waals surface area contributed by atoms with Gasteiger partial charge in [-0.25, -0.2) is 12.7 Å². The van der Waals surface area contributed by atoms with Crippen molar-refractivity contribution in [3.05, 3.63) is 48.0 Å². The maximum atomic E-state index is 12.8. The van der Waals surface area contributed by atoms with Crippen LogP contribution in [-0.4, -0.2) is 52.5 Å². The van der Waals surface area contributed by atoms with E-state index in [1.54, 1.807) is 23.1 Å². The first kappa shape index (κ1) is 23.1. The van der Waals surface area contributed by atoms with Crippen molar-refractivity contribution in [2.75, 3.05) is 38.8 Å². The molecule has 1 aliphatic rings. The predicted molar refractivity (Wildman–Crippen MR) is 120 cm³/mol. The zero-order valence-corrected chi connectivity index (χ0v) is 19.2. The summed E-state index contributed by atoms with van der Waals surface area (Å²) in [4.78, 5) is 14.8. The van der Waals surface area contributed by atoms with Crippen LogP contribution in [0.3, 0.4) is 0 Å². The van der Waals surface area contributed by atoms with Crippen molar-refractivity contribution in [3.63, 3.8) is 0 Å². The van der Waals surface area contributed by atoms with E-state index >= 15 is 0 Å². The summed E-state index contributed by atoms with van der Waals surface area (Å²) in [5.41, 5.74) is 1.70. The number of hydrogen-bond donors (Lipinski definition) is 0. The van der Waals surface area contributed by atoms with E-state index in [-0.39, 0.29) is 10.8 Å². The van der Waals surface area contributed by atoms with E-state index in [4.69, 9.17) is 9.47 Å². The van der Waals surface area contributed by atoms with E-state index in [2.05, 4.69) is 0 Å². The molecule has 1 amide bonds. The molecule has 0 fully saturated rings. The number of nitrogens with zero attached hydrogens (tertiary/aromatic N) is 2. The van der Waals surface area contributed by atoms with Gasteiger partial charge in [0.1, 0.15) is 11.5 Å². The van der Waals surface area contributed by atoms with Gasteiger partial charge in [0.25, 0.3) is 0 Å². The Morgan fingerprint density at radius 3 is 2.39 bits per heavy atom. The number of ether oxygens (including phenoxy) is 2. The van der Waals surface area contributed by atoms with Gasteiger partial charge in [0.15, 0.2) is 0 Å². The number of sulfonamides is 1. The molecule has 0 aromatic heterocycles. The van der Waals surface area contributed by atoms with Crippen LogP contribution in [0.1, 0.15) is 31.7 Å². The van der Waals surface area contributed by atoms with E-state index in [0.717, 1.165) is 35.6 Å². The normalized spacial score (nSPS) is 13.7. The second kappa shape index (κ2) is 10.2. The molecule has 0 unspecified atom stereocenters. The monoisotopic (exact) mass is 446 g/mol. The standard InChI is InChI=1S/C23H30N2O5S/c1-4-29-19-9-11-20(12-10-19)30-16-6-8-23(26)25-15-5-7-18-17-21(13-14-22(18)25)31(27,28)24(2)3/h9-14,17H,4-8,15-16H2,1-3H3. The maximum absolute atomic E-state index is 12.8. The van der Waals surface area contributed by atoms with Gasteiger partial charge in [-0.05, 0) is 74.2 Å². The molecule has 0 spiro atoms. The van der Waals surface area contributed by atoms with Crippen molar-refractivity contribution >= 4 is 21.6 Å². The number of hydrogen-bond acceptors (Lipinski definition) is 5. The Kier molecular flexibility index (Phi) is 7.56. The highest BCUT2D eigenvalue weighted by atomic mass is 32.2. The first-order valence-corrected chi connectivity index (χ1v) is 12.0. The molecule has 0 bridgehead atoms. The van der Waals surface area contributed by atoms with Gasteiger partial charge in [-0.1, -0.05) is 0 Å². The lowest BCUT2D eigenvalue weighted by molar-refractivity contribution is -0.118. The van der Waals surface area contributed by atoms with Crippen molar-refractivity contribution in [2.45, 2.75) is 37.5 Å². The minimum atomic E-state index is -3.49. The molecule has 3 rings (SSSR count). The quantitative estimate of drug-likeness (QED) is 0.551. The molecular weight excluding hydrogens is 416 g/mol. The van der Waals surface area contributed by atoms with Crippen LogP contribution in [0.25, 0.3) is 0 Å². The van der Waals surface area contributed by atoms with E-state index < -0.39 is 10.0 Å². The van der Waals surface area contributed by atoms with Gasteiger partial charge in [0.05, 0.1) is 18.1 Å². The number of rotatable bonds is 9. The third kappa shape index (κ3) is 5.57. The second-order valence-electron chi connectivity index (χ2n) is 7.58. The fourth-order valence-corrected chi connectivity index (χ4v) is 4.50. The SMILES string of the molecule is CCOc1ccc(OCCCC(=O)N2CCCc3cc(S(=O)(=O)N(C)C)ccc32)cc1. The predicted octanol–water partition coefficient (Wildman–Crippen LogP) is 3.47. The molecule has 31 heavy (non-hydrogen) atoms. The Labute approximate surface area is 184 Å². The Balaban J connectivity index is 1.57. The number of carbonyl (C=O) groups is 1. The first-order chi connectivity index (χ1) is 14.8. The summed E-state index contributed by atoms with van der Waals surface area (Å²) in [6.45, 7) is 3.65. The minimum absolute atomic E-state index is 0.0273. The van der Waals surface area contributed by atoms with Gasteiger partial charge in [-0.2, -0.15) is 0 Å². The van der Waals surface area contributed by atoms with Crippen molar-refractivity contribution < 1.29 is 22.7 Å². The summed E-state index contributed by atoms with van der Waals surface area (Å²) in [6.07, 6.45) is 2.54. The van der Waals surface area contributed by atoms with Crippen LogP contribution in [0.15, 0.2) is 47.4 Å². The Hall–Kier alpha value is -2.58. The van der Waals surface area contributed by atoms with E-state index in [1.807, 2.05) is 31.2 Å². The molecule has 1 heterocycles. The number of fused-ring (bicyclic) bond motifs is 1. The summed E-state index contributed by atoms with van der Waals surface area (Å²) in [5, 5.41) is 0. The average Bonchev–Trinajstić information content (AvgIpc) is 2.77. The molecule has 0 radical (unpaired) electrons. The molecule has 7 nitrogen and oxygen atoms in total. The molecule has 1 aliphatic heterocycles. The fraction of sp³-hybridized carbons (Fsp3) is 0.435. The van der Waals surface area contributed by atoms with Crippen LogP contribution < -0.4 is 14.4 Å². The van der Waals surface area contributed by atoms with Crippen LogP contribution in [0.5, 0.6) is 11.5 Å². The molecule has 2 aromatic carbocycles. The van der Waals surface area contributed by atoms with Crippen LogP contribution in [0.2, 0.25) is 0 Å². The van der Waals surface area contributed by atoms with Crippen LogP contribution in [0, 0.1) is 0 Å². The molecule has 8 heteroatoms. The second-order valence-corrected chi connectivity index (χ2v) is 9.74. The number of carbonyl (C=O) groups excluding carboxylic acids is 1. The summed E-state index contributed by atoms with van der Waals surface area (Å²) < 4.78 is 37.1. The van der Waals surface area contributed by atoms with E-state index in [1.165, 1.54) is 18.4 Å². The highest BCUT2D eigenvalue weighted by molar-refractivity contribution is 7.89. The van der Waals surface area contributed by atoms with Crippen molar-refractivity contribution in [2.24, 2.45) is 0 Å². The molecule has 0 saturated heterocycles. The van der Waals surface area contributed by atoms with Gasteiger partial charge >= 0.3 is 0 Å². The third-order valence-electron chi connectivity index (χ3n) is 5.19. The number of anilines is 1. The topological polar surface area (TPSA) is 76.1 Å². The highest BCUT2D eigenvalue weighted by Crippen LogP contribution is 2.30. The zero-order valence-electron chi connectivity index (χ0n) is 18.3. The molecule has 2 aromatic rings. The van der Waals surface area contributed by atoms with Crippen molar-refractivity contribution in [1.29, 1.82) is 0 Å². The first-order valence-electron chi connectivity index (χ1n) is 10.5. The summed E-state index contributed by atoms with van der Waals surface area (Å²) in [5.74, 6) is 1.57. The molecule has 0 N–H and O–H groups in total. The van der Waals surface area contributed by atoms with Gasteiger partial charge in [-0.3, -0.25) is 4.79 Å². The van der Waals surface area contributed by atoms with Crippen molar-refractivity contribution in [1.82, 2.24) is 4.31 Å². The lowest BCUT2D eigenvalue weighted by Crippen LogP contribution is -2.35. The van der Waals surface area contributed by atoms with Gasteiger partial charge in [0.2, 0.25) is 15.9 Å². The summed E-state index contributed by atoms with van der Waals surface area (Å²) >= 11 is 0. The summed E-state index contributed by atoms with van der Waals surface area (Å²) in [7, 11) is -0.465. The van der Waals surface area contributed by atoms with Crippen LogP contribution >= 0.6 is 0 Å². The average molecular weight is 447 g/mol. The molecule has 0 saturated carbocycles. The summed E-state index contributed by atoms with van der Waals surface area (Å²) in [6, 6.07) is 12.5. The Morgan fingerprint density at radius 2 is 1.74 bits per heavy atom. The molecule has 168 valence electrons. The Morgan fingerprint density at radius 1 is 1.06 bits per heavy atom. The minimum Gasteiger partial charge on any atom is -0.494 e. The van der Waals surface area contributed by atoms with Gasteiger partial charge < -0.3 is 14.4 Å². The number of benzene rings is 2. The largest absolute Gasteiger partial charge is 0.494 e. The Bertz CT molecular complexity index is 1000. The zero-order chi connectivity index (χ0) is 22.4. The lowest BCUT2D eigenvalue weighted by atomic mass is 10.0. The molecule has 0 atom stereocenters. The lowest BCUT2D eigenvalue weighted by Gasteiger charge is -2.30. The third-order valence-corrected chi connectivity index (χ3v) is 7.00. The van der Waals surface area contributed by atoms with E-state index in [9.17, 15) is 13.2 Å². The molecular formula is C23H30N2O5S. The number of amides is 1. The van der Waals surface area contributed by atoms with Gasteiger partial charge in [-0.15, -0.1) is 0 Å².